The van der Waals surface area contributed by atoms with Gasteiger partial charge in [-0.25, -0.2) is 4.39 Å². The summed E-state index contributed by atoms with van der Waals surface area (Å²) in [5, 5.41) is 11.9. The lowest BCUT2D eigenvalue weighted by Gasteiger charge is -2.12. The van der Waals surface area contributed by atoms with E-state index < -0.39 is 5.82 Å². The average molecular weight is 335 g/mol. The van der Waals surface area contributed by atoms with E-state index in [-0.39, 0.29) is 12.1 Å². The topological polar surface area (TPSA) is 45.0 Å². The molecule has 0 aliphatic carbocycles. The van der Waals surface area contributed by atoms with Gasteiger partial charge in [-0.15, -0.1) is 0 Å². The van der Waals surface area contributed by atoms with Crippen LogP contribution in [-0.2, 0) is 6.54 Å². The van der Waals surface area contributed by atoms with Gasteiger partial charge in [0, 0.05) is 16.6 Å². The van der Waals surface area contributed by atoms with Gasteiger partial charge < -0.3 is 10.1 Å². The van der Waals surface area contributed by atoms with E-state index in [0.29, 0.717) is 11.3 Å². The van der Waals surface area contributed by atoms with Gasteiger partial charge in [0.05, 0.1) is 18.4 Å². The number of benzene rings is 2. The Bertz CT molecular complexity index is 665. The van der Waals surface area contributed by atoms with Gasteiger partial charge in [0.15, 0.2) is 0 Å². The zero-order valence-electron chi connectivity index (χ0n) is 10.8. The SMILES string of the molecule is COc1ccc(Br)cc1NCc1cccc(C#N)c1F. The molecule has 2 aromatic rings. The van der Waals surface area contributed by atoms with E-state index in [2.05, 4.69) is 21.2 Å². The van der Waals surface area contributed by atoms with Crippen LogP contribution in [0.25, 0.3) is 0 Å². The highest BCUT2D eigenvalue weighted by Gasteiger charge is 2.09. The normalized spacial score (nSPS) is 9.90. The second-order valence-electron chi connectivity index (χ2n) is 4.09. The number of nitrogens with one attached hydrogen (secondary N) is 1. The van der Waals surface area contributed by atoms with Gasteiger partial charge in [0.2, 0.25) is 0 Å². The van der Waals surface area contributed by atoms with Crippen molar-refractivity contribution in [2.24, 2.45) is 0 Å². The molecule has 0 atom stereocenters. The van der Waals surface area contributed by atoms with Crippen molar-refractivity contribution in [3.8, 4) is 11.8 Å². The number of nitriles is 1. The summed E-state index contributed by atoms with van der Waals surface area (Å²) in [6, 6.07) is 12.1. The number of hydrogen-bond donors (Lipinski definition) is 1. The summed E-state index contributed by atoms with van der Waals surface area (Å²) in [7, 11) is 1.57. The van der Waals surface area contributed by atoms with Gasteiger partial charge in [-0.3, -0.25) is 0 Å². The Labute approximate surface area is 125 Å². The maximum atomic E-state index is 13.9. The van der Waals surface area contributed by atoms with Gasteiger partial charge in [0.25, 0.3) is 0 Å². The number of hydrogen-bond acceptors (Lipinski definition) is 3. The van der Waals surface area contributed by atoms with Crippen LogP contribution in [0.2, 0.25) is 0 Å². The van der Waals surface area contributed by atoms with Crippen LogP contribution < -0.4 is 10.1 Å². The molecule has 0 bridgehead atoms. The number of rotatable bonds is 4. The molecule has 20 heavy (non-hydrogen) atoms. The second kappa shape index (κ2) is 6.40. The van der Waals surface area contributed by atoms with Crippen LogP contribution in [0.5, 0.6) is 5.75 Å². The molecule has 0 heterocycles. The quantitative estimate of drug-likeness (QED) is 0.916. The molecule has 0 saturated carbocycles. The van der Waals surface area contributed by atoms with Crippen molar-refractivity contribution >= 4 is 21.6 Å². The van der Waals surface area contributed by atoms with E-state index in [9.17, 15) is 4.39 Å². The molecular formula is C15H12BrFN2O. The van der Waals surface area contributed by atoms with Crippen LogP contribution in [0.15, 0.2) is 40.9 Å². The van der Waals surface area contributed by atoms with Crippen molar-refractivity contribution in [1.82, 2.24) is 0 Å². The van der Waals surface area contributed by atoms with Crippen LogP contribution in [0.1, 0.15) is 11.1 Å². The summed E-state index contributed by atoms with van der Waals surface area (Å²) >= 11 is 3.38. The number of anilines is 1. The van der Waals surface area contributed by atoms with Gasteiger partial charge in [-0.1, -0.05) is 28.1 Å². The zero-order valence-corrected chi connectivity index (χ0v) is 12.4. The molecule has 0 aliphatic heterocycles. The summed E-state index contributed by atoms with van der Waals surface area (Å²) in [6.07, 6.45) is 0. The fourth-order valence-corrected chi connectivity index (χ4v) is 2.17. The Morgan fingerprint density at radius 3 is 2.85 bits per heavy atom. The Morgan fingerprint density at radius 1 is 1.35 bits per heavy atom. The largest absolute Gasteiger partial charge is 0.495 e. The smallest absolute Gasteiger partial charge is 0.145 e. The molecule has 0 radical (unpaired) electrons. The third-order valence-electron chi connectivity index (χ3n) is 2.83. The Morgan fingerprint density at radius 2 is 2.15 bits per heavy atom. The van der Waals surface area contributed by atoms with Crippen molar-refractivity contribution in [2.75, 3.05) is 12.4 Å². The average Bonchev–Trinajstić information content (AvgIpc) is 2.46. The lowest BCUT2D eigenvalue weighted by atomic mass is 10.1. The molecule has 0 spiro atoms. The minimum Gasteiger partial charge on any atom is -0.495 e. The lowest BCUT2D eigenvalue weighted by molar-refractivity contribution is 0.416. The second-order valence-corrected chi connectivity index (χ2v) is 5.00. The van der Waals surface area contributed by atoms with Crippen molar-refractivity contribution < 1.29 is 9.13 Å². The number of methoxy groups -OCH3 is 1. The van der Waals surface area contributed by atoms with Crippen molar-refractivity contribution in [2.45, 2.75) is 6.54 Å². The molecule has 2 aromatic carbocycles. The molecule has 0 amide bonds. The number of ether oxygens (including phenoxy) is 1. The van der Waals surface area contributed by atoms with Gasteiger partial charge in [-0.05, 0) is 24.3 Å². The van der Waals surface area contributed by atoms with Crippen LogP contribution >= 0.6 is 15.9 Å². The fourth-order valence-electron chi connectivity index (χ4n) is 1.81. The van der Waals surface area contributed by atoms with Crippen molar-refractivity contribution in [3.63, 3.8) is 0 Å². The first-order valence-corrected chi connectivity index (χ1v) is 6.70. The van der Waals surface area contributed by atoms with E-state index in [0.717, 1.165) is 10.2 Å². The molecule has 1 N–H and O–H groups in total. The Kier molecular flexibility index (Phi) is 4.59. The van der Waals surface area contributed by atoms with Gasteiger partial charge in [0.1, 0.15) is 17.6 Å². The third kappa shape index (κ3) is 3.09. The fraction of sp³-hybridized carbons (Fsp3) is 0.133. The van der Waals surface area contributed by atoms with E-state index in [1.807, 2.05) is 24.3 Å². The first kappa shape index (κ1) is 14.4. The molecule has 0 aliphatic rings. The summed E-state index contributed by atoms with van der Waals surface area (Å²) < 4.78 is 20.1. The molecule has 3 nitrogen and oxygen atoms in total. The van der Waals surface area contributed by atoms with E-state index in [1.54, 1.807) is 19.2 Å². The maximum absolute atomic E-state index is 13.9. The number of nitrogens with zero attached hydrogens (tertiary/aromatic N) is 1. The highest BCUT2D eigenvalue weighted by molar-refractivity contribution is 9.10. The van der Waals surface area contributed by atoms with Crippen LogP contribution in [-0.4, -0.2) is 7.11 Å². The molecule has 0 unspecified atom stereocenters. The minimum atomic E-state index is -0.489. The highest BCUT2D eigenvalue weighted by Crippen LogP contribution is 2.28. The van der Waals surface area contributed by atoms with Crippen LogP contribution in [0.4, 0.5) is 10.1 Å². The molecule has 0 fully saturated rings. The van der Waals surface area contributed by atoms with E-state index in [4.69, 9.17) is 10.00 Å². The van der Waals surface area contributed by atoms with Gasteiger partial charge in [-0.2, -0.15) is 5.26 Å². The third-order valence-corrected chi connectivity index (χ3v) is 3.32. The first-order chi connectivity index (χ1) is 9.65. The molecule has 0 aromatic heterocycles. The number of halogens is 2. The van der Waals surface area contributed by atoms with Crippen LogP contribution in [0, 0.1) is 17.1 Å². The molecule has 5 heteroatoms. The van der Waals surface area contributed by atoms with E-state index in [1.165, 1.54) is 6.07 Å². The zero-order chi connectivity index (χ0) is 14.5. The van der Waals surface area contributed by atoms with Crippen molar-refractivity contribution in [3.05, 3.63) is 57.8 Å². The lowest BCUT2D eigenvalue weighted by Crippen LogP contribution is -2.04. The predicted molar refractivity (Wildman–Crippen MR) is 79.1 cm³/mol. The first-order valence-electron chi connectivity index (χ1n) is 5.90. The van der Waals surface area contributed by atoms with Gasteiger partial charge >= 0.3 is 0 Å². The summed E-state index contributed by atoms with van der Waals surface area (Å²) in [4.78, 5) is 0. The monoisotopic (exact) mass is 334 g/mol. The Balaban J connectivity index is 2.21. The maximum Gasteiger partial charge on any atom is 0.145 e. The predicted octanol–water partition coefficient (Wildman–Crippen LogP) is 4.08. The standard InChI is InChI=1S/C15H12BrFN2O/c1-20-14-6-5-12(16)7-13(14)19-9-11-4-2-3-10(8-18)15(11)17/h2-7,19H,9H2,1H3. The highest BCUT2D eigenvalue weighted by atomic mass is 79.9. The summed E-state index contributed by atoms with van der Waals surface area (Å²) in [6.45, 7) is 0.272. The van der Waals surface area contributed by atoms with E-state index >= 15 is 0 Å². The van der Waals surface area contributed by atoms with Crippen LogP contribution in [0.3, 0.4) is 0 Å². The minimum absolute atomic E-state index is 0.0468. The Hall–Kier alpha value is -2.06. The summed E-state index contributed by atoms with van der Waals surface area (Å²) in [5.74, 6) is 0.182. The molecule has 0 saturated heterocycles. The molecule has 2 rings (SSSR count). The molecular weight excluding hydrogens is 323 g/mol. The molecule has 102 valence electrons. The summed E-state index contributed by atoms with van der Waals surface area (Å²) in [5.41, 5.74) is 1.24. The van der Waals surface area contributed by atoms with Crippen molar-refractivity contribution in [1.29, 1.82) is 5.26 Å².